The molecule has 4 N–H and O–H groups in total. The zero-order valence-corrected chi connectivity index (χ0v) is 19.9. The van der Waals surface area contributed by atoms with Gasteiger partial charge in [0.1, 0.15) is 11.2 Å². The van der Waals surface area contributed by atoms with E-state index in [4.69, 9.17) is 20.2 Å². The predicted molar refractivity (Wildman–Crippen MR) is 124 cm³/mol. The Morgan fingerprint density at radius 2 is 2.03 bits per heavy atom. The number of ether oxygens (including phenoxy) is 2. The van der Waals surface area contributed by atoms with Gasteiger partial charge in [-0.05, 0) is 37.7 Å². The molecule has 2 atom stereocenters. The van der Waals surface area contributed by atoms with Crippen LogP contribution in [0.15, 0.2) is 28.8 Å². The van der Waals surface area contributed by atoms with Crippen molar-refractivity contribution in [2.75, 3.05) is 40.5 Å². The van der Waals surface area contributed by atoms with Crippen LogP contribution in [0.4, 0.5) is 0 Å². The Bertz CT molecular complexity index is 1000. The van der Waals surface area contributed by atoms with Gasteiger partial charge >= 0.3 is 0 Å². The first-order valence-electron chi connectivity index (χ1n) is 10.8. The van der Waals surface area contributed by atoms with E-state index >= 15 is 0 Å². The summed E-state index contributed by atoms with van der Waals surface area (Å²) in [6.07, 6.45) is 6.47. The van der Waals surface area contributed by atoms with Crippen molar-refractivity contribution >= 4 is 23.7 Å². The van der Waals surface area contributed by atoms with Gasteiger partial charge < -0.3 is 35.3 Å². The van der Waals surface area contributed by atoms with Crippen molar-refractivity contribution in [1.82, 2.24) is 25.1 Å². The number of fused-ring (bicyclic) bond motifs is 2. The normalized spacial score (nSPS) is 22.6. The van der Waals surface area contributed by atoms with Gasteiger partial charge in [-0.1, -0.05) is 32.5 Å². The molecule has 31 heavy (non-hydrogen) atoms. The van der Waals surface area contributed by atoms with Gasteiger partial charge in [-0.25, -0.2) is 4.98 Å². The SMILES string of the molecule is CN(C)C1C=C2OCOC2=CC1Sc1nc2c(n1CCNCC(C)(C)C)=CCNC=2N. The van der Waals surface area contributed by atoms with Gasteiger partial charge in [-0.2, -0.15) is 0 Å². The van der Waals surface area contributed by atoms with Crippen LogP contribution < -0.4 is 27.1 Å². The van der Waals surface area contributed by atoms with E-state index in [0.717, 1.165) is 53.6 Å². The van der Waals surface area contributed by atoms with Crippen molar-refractivity contribution in [3.63, 3.8) is 0 Å². The van der Waals surface area contributed by atoms with Crippen LogP contribution in [-0.2, 0) is 16.0 Å². The second kappa shape index (κ2) is 8.80. The highest BCUT2D eigenvalue weighted by Gasteiger charge is 2.33. The Morgan fingerprint density at radius 3 is 2.74 bits per heavy atom. The van der Waals surface area contributed by atoms with Crippen molar-refractivity contribution in [3.8, 4) is 0 Å². The number of hydrogen-bond acceptors (Lipinski definition) is 8. The van der Waals surface area contributed by atoms with Gasteiger partial charge in [-0.15, -0.1) is 0 Å². The van der Waals surface area contributed by atoms with E-state index in [1.54, 1.807) is 11.8 Å². The number of imidazole rings is 1. The third-order valence-electron chi connectivity index (χ3n) is 5.47. The van der Waals surface area contributed by atoms with Crippen molar-refractivity contribution in [2.24, 2.45) is 11.1 Å². The molecule has 0 amide bonds. The molecular formula is C22H34N6O2S. The van der Waals surface area contributed by atoms with Crippen LogP contribution in [0.3, 0.4) is 0 Å². The molecule has 3 aliphatic rings. The first-order valence-corrected chi connectivity index (χ1v) is 11.6. The van der Waals surface area contributed by atoms with E-state index in [2.05, 4.69) is 73.2 Å². The molecule has 2 unspecified atom stereocenters. The second-order valence-electron chi connectivity index (χ2n) is 9.52. The highest BCUT2D eigenvalue weighted by atomic mass is 32.2. The molecule has 9 heteroatoms. The summed E-state index contributed by atoms with van der Waals surface area (Å²) in [6.45, 7) is 10.4. The fraction of sp³-hybridized carbons (Fsp3) is 0.591. The minimum Gasteiger partial charge on any atom is -0.454 e. The van der Waals surface area contributed by atoms with Crippen molar-refractivity contribution < 1.29 is 9.47 Å². The van der Waals surface area contributed by atoms with Crippen LogP contribution in [0.5, 0.6) is 0 Å². The predicted octanol–water partition coefficient (Wildman–Crippen LogP) is 0.104. The summed E-state index contributed by atoms with van der Waals surface area (Å²) in [5, 5.41) is 9.83. The lowest BCUT2D eigenvalue weighted by Crippen LogP contribution is -2.44. The molecule has 3 heterocycles. The molecule has 170 valence electrons. The number of nitrogens with two attached hydrogens (primary N) is 1. The molecule has 0 saturated carbocycles. The average Bonchev–Trinajstić information content (AvgIpc) is 3.29. The Labute approximate surface area is 188 Å². The molecule has 1 aliphatic carbocycles. The first-order chi connectivity index (χ1) is 14.7. The Kier molecular flexibility index (Phi) is 6.27. The van der Waals surface area contributed by atoms with Gasteiger partial charge in [0.15, 0.2) is 16.7 Å². The highest BCUT2D eigenvalue weighted by molar-refractivity contribution is 8.00. The third-order valence-corrected chi connectivity index (χ3v) is 6.68. The van der Waals surface area contributed by atoms with Crippen LogP contribution in [0.2, 0.25) is 0 Å². The van der Waals surface area contributed by atoms with Crippen LogP contribution in [0.25, 0.3) is 11.9 Å². The molecule has 8 nitrogen and oxygen atoms in total. The van der Waals surface area contributed by atoms with E-state index in [1.807, 2.05) is 0 Å². The zero-order valence-electron chi connectivity index (χ0n) is 19.1. The Hall–Kier alpha value is -2.10. The highest BCUT2D eigenvalue weighted by Crippen LogP contribution is 2.35. The summed E-state index contributed by atoms with van der Waals surface area (Å²) < 4.78 is 13.6. The molecule has 0 spiro atoms. The lowest BCUT2D eigenvalue weighted by molar-refractivity contribution is 0.0976. The molecule has 0 bridgehead atoms. The number of thioether (sulfide) groups is 1. The molecule has 2 aliphatic heterocycles. The van der Waals surface area contributed by atoms with E-state index in [1.165, 1.54) is 0 Å². The summed E-state index contributed by atoms with van der Waals surface area (Å²) in [6, 6.07) is 0.176. The van der Waals surface area contributed by atoms with Crippen LogP contribution in [0, 0.1) is 5.41 Å². The fourth-order valence-corrected chi connectivity index (χ4v) is 5.23. The van der Waals surface area contributed by atoms with Gasteiger partial charge in [-0.3, -0.25) is 0 Å². The van der Waals surface area contributed by atoms with Gasteiger partial charge in [0.2, 0.25) is 6.79 Å². The van der Waals surface area contributed by atoms with E-state index < -0.39 is 0 Å². The topological polar surface area (TPSA) is 89.6 Å². The van der Waals surface area contributed by atoms with Gasteiger partial charge in [0.25, 0.3) is 0 Å². The largest absolute Gasteiger partial charge is 0.454 e. The summed E-state index contributed by atoms with van der Waals surface area (Å²) in [7, 11) is 4.17. The van der Waals surface area contributed by atoms with Crippen molar-refractivity contribution in [3.05, 3.63) is 34.4 Å². The maximum Gasteiger partial charge on any atom is 0.231 e. The van der Waals surface area contributed by atoms with Crippen LogP contribution in [0.1, 0.15) is 20.8 Å². The molecule has 1 aromatic heterocycles. The second-order valence-corrected chi connectivity index (χ2v) is 10.7. The summed E-state index contributed by atoms with van der Waals surface area (Å²) in [5.41, 5.74) is 6.49. The minimum atomic E-state index is 0.148. The number of likely N-dealkylation sites (N-methyl/N-ethyl adjacent to an activating group) is 1. The summed E-state index contributed by atoms with van der Waals surface area (Å²) in [4.78, 5) is 7.13. The molecule has 0 radical (unpaired) electrons. The summed E-state index contributed by atoms with van der Waals surface area (Å²) >= 11 is 1.74. The lowest BCUT2D eigenvalue weighted by Gasteiger charge is -2.30. The Morgan fingerprint density at radius 1 is 1.29 bits per heavy atom. The van der Waals surface area contributed by atoms with Crippen molar-refractivity contribution in [1.29, 1.82) is 0 Å². The Balaban J connectivity index is 1.62. The maximum absolute atomic E-state index is 6.24. The third kappa shape index (κ3) is 4.88. The van der Waals surface area contributed by atoms with E-state index in [-0.39, 0.29) is 23.5 Å². The van der Waals surface area contributed by atoms with Crippen LogP contribution >= 0.6 is 11.8 Å². The summed E-state index contributed by atoms with van der Waals surface area (Å²) in [5.74, 6) is 2.30. The fourth-order valence-electron chi connectivity index (χ4n) is 3.88. The first kappa shape index (κ1) is 22.1. The monoisotopic (exact) mass is 446 g/mol. The number of aromatic nitrogens is 2. The van der Waals surface area contributed by atoms with E-state index in [9.17, 15) is 0 Å². The van der Waals surface area contributed by atoms with E-state index in [0.29, 0.717) is 5.82 Å². The number of rotatable bonds is 7. The van der Waals surface area contributed by atoms with Crippen LogP contribution in [-0.4, -0.2) is 66.3 Å². The minimum absolute atomic E-state index is 0.148. The van der Waals surface area contributed by atoms with Gasteiger partial charge in [0.05, 0.1) is 10.6 Å². The molecule has 0 aromatic carbocycles. The lowest BCUT2D eigenvalue weighted by atomic mass is 9.97. The molecule has 4 rings (SSSR count). The zero-order chi connectivity index (χ0) is 22.2. The number of nitrogens with one attached hydrogen (secondary N) is 2. The standard InChI is InChI=1S/C22H34N6O2S/c1-22(2,3)12-24-8-9-28-14-6-7-25-20(23)19(14)26-21(28)31-18-11-17-16(29-13-30-17)10-15(18)27(4)5/h6,10-11,15,18,24-25H,7-9,12-13,23H2,1-5H3. The quantitative estimate of drug-likeness (QED) is 0.509. The number of nitrogens with zero attached hydrogens (tertiary/aromatic N) is 3. The molecule has 1 aromatic rings. The smallest absolute Gasteiger partial charge is 0.231 e. The van der Waals surface area contributed by atoms with Gasteiger partial charge in [0, 0.05) is 32.2 Å². The molecular weight excluding hydrogens is 412 g/mol. The maximum atomic E-state index is 6.24. The molecule has 1 fully saturated rings. The van der Waals surface area contributed by atoms with Crippen molar-refractivity contribution in [2.45, 2.75) is 43.8 Å². The molecule has 1 saturated heterocycles. The average molecular weight is 447 g/mol. The number of hydrogen-bond donors (Lipinski definition) is 3.